The maximum Gasteiger partial charge on any atom is 0.412 e. The molecule has 1 fully saturated rings. The molecule has 2 N–H and O–H groups in total. The number of morpholine rings is 1. The molecule has 7 nitrogen and oxygen atoms in total. The number of carbonyl (C=O) groups excluding carboxylic acids is 2. The third-order valence-electron chi connectivity index (χ3n) is 3.01. The molecule has 0 aromatic carbocycles. The first-order valence-electron chi connectivity index (χ1n) is 7.03. The second kappa shape index (κ2) is 5.92. The molecule has 7 heteroatoms. The topological polar surface area (TPSA) is 89.6 Å². The minimum Gasteiger partial charge on any atom is -0.444 e. The minimum atomic E-state index is -0.721. The Balaban J connectivity index is 2.13. The average molecular weight is 307 g/mol. The minimum absolute atomic E-state index is 0.0471. The highest BCUT2D eigenvalue weighted by Gasteiger charge is 2.34. The Bertz CT molecular complexity index is 582. The number of hydrogen-bond donors (Lipinski definition) is 2. The monoisotopic (exact) mass is 307 g/mol. The zero-order valence-electron chi connectivity index (χ0n) is 13.2. The van der Waals surface area contributed by atoms with Gasteiger partial charge in [0.25, 0.3) is 0 Å². The van der Waals surface area contributed by atoms with Gasteiger partial charge in [0.2, 0.25) is 5.91 Å². The van der Waals surface area contributed by atoms with Crippen molar-refractivity contribution in [3.8, 4) is 0 Å². The van der Waals surface area contributed by atoms with Crippen LogP contribution in [0, 0.1) is 0 Å². The quantitative estimate of drug-likeness (QED) is 0.869. The number of pyridine rings is 1. The highest BCUT2D eigenvalue weighted by molar-refractivity contribution is 5.85. The number of hydrogen-bond acceptors (Lipinski definition) is 5. The van der Waals surface area contributed by atoms with E-state index in [9.17, 15) is 9.59 Å². The van der Waals surface area contributed by atoms with Crippen LogP contribution >= 0.6 is 0 Å². The van der Waals surface area contributed by atoms with Crippen LogP contribution in [0.4, 0.5) is 10.5 Å². The molecule has 22 heavy (non-hydrogen) atoms. The number of ether oxygens (including phenoxy) is 2. The number of aromatic nitrogens is 1. The van der Waals surface area contributed by atoms with Crippen LogP contribution in [0.3, 0.4) is 0 Å². The molecule has 1 aliphatic rings. The maximum absolute atomic E-state index is 11.8. The molecule has 0 bridgehead atoms. The van der Waals surface area contributed by atoms with Gasteiger partial charge in [0.05, 0.1) is 12.3 Å². The zero-order chi connectivity index (χ0) is 16.4. The smallest absolute Gasteiger partial charge is 0.412 e. The first kappa shape index (κ1) is 16.2. The summed E-state index contributed by atoms with van der Waals surface area (Å²) in [6.45, 7) is 7.57. The van der Waals surface area contributed by atoms with Crippen molar-refractivity contribution in [1.29, 1.82) is 0 Å². The average Bonchev–Trinajstić information content (AvgIpc) is 2.36. The summed E-state index contributed by atoms with van der Waals surface area (Å²) in [5, 5.41) is 5.51. The molecule has 0 spiro atoms. The molecule has 2 amide bonds. The van der Waals surface area contributed by atoms with Gasteiger partial charge in [-0.15, -0.1) is 0 Å². The number of amides is 2. The number of anilines is 1. The van der Waals surface area contributed by atoms with E-state index in [2.05, 4.69) is 15.6 Å². The lowest BCUT2D eigenvalue weighted by Crippen LogP contribution is -2.53. The number of nitrogens with one attached hydrogen (secondary N) is 2. The van der Waals surface area contributed by atoms with Crippen LogP contribution in [-0.2, 0) is 19.8 Å². The SMILES string of the molecule is CC(C)(C)OC(=O)Nc1ccnc(C2(C)COCC(=O)N2)c1. The van der Waals surface area contributed by atoms with E-state index in [-0.39, 0.29) is 12.5 Å². The van der Waals surface area contributed by atoms with Gasteiger partial charge in [-0.05, 0) is 39.8 Å². The predicted molar refractivity (Wildman–Crippen MR) is 80.4 cm³/mol. The molecule has 1 aromatic heterocycles. The van der Waals surface area contributed by atoms with Crippen LogP contribution < -0.4 is 10.6 Å². The van der Waals surface area contributed by atoms with Gasteiger partial charge in [-0.2, -0.15) is 0 Å². The van der Waals surface area contributed by atoms with E-state index in [0.717, 1.165) is 0 Å². The van der Waals surface area contributed by atoms with E-state index < -0.39 is 17.2 Å². The van der Waals surface area contributed by atoms with Gasteiger partial charge in [0, 0.05) is 11.9 Å². The van der Waals surface area contributed by atoms with Gasteiger partial charge in [-0.3, -0.25) is 15.1 Å². The van der Waals surface area contributed by atoms with Crippen LogP contribution in [0.1, 0.15) is 33.4 Å². The fraction of sp³-hybridized carbons (Fsp3) is 0.533. The van der Waals surface area contributed by atoms with E-state index in [1.807, 2.05) is 6.92 Å². The van der Waals surface area contributed by atoms with Crippen molar-refractivity contribution in [3.63, 3.8) is 0 Å². The van der Waals surface area contributed by atoms with E-state index in [4.69, 9.17) is 9.47 Å². The van der Waals surface area contributed by atoms with Crippen LogP contribution in [0.25, 0.3) is 0 Å². The van der Waals surface area contributed by atoms with Crippen LogP contribution in [-0.4, -0.2) is 35.8 Å². The summed E-state index contributed by atoms with van der Waals surface area (Å²) < 4.78 is 10.5. The fourth-order valence-electron chi connectivity index (χ4n) is 2.10. The number of carbonyl (C=O) groups is 2. The lowest BCUT2D eigenvalue weighted by Gasteiger charge is -2.33. The van der Waals surface area contributed by atoms with Gasteiger partial charge >= 0.3 is 6.09 Å². The summed E-state index contributed by atoms with van der Waals surface area (Å²) in [5.74, 6) is -0.193. The second-order valence-electron chi connectivity index (χ2n) is 6.43. The summed E-state index contributed by atoms with van der Waals surface area (Å²) in [4.78, 5) is 27.6. The van der Waals surface area contributed by atoms with Crippen molar-refractivity contribution >= 4 is 17.7 Å². The summed E-state index contributed by atoms with van der Waals surface area (Å²) in [7, 11) is 0. The number of nitrogens with zero attached hydrogens (tertiary/aromatic N) is 1. The molecule has 0 radical (unpaired) electrons. The molecule has 120 valence electrons. The third kappa shape index (κ3) is 4.17. The Hall–Kier alpha value is -2.15. The first-order chi connectivity index (χ1) is 10.2. The molecular weight excluding hydrogens is 286 g/mol. The molecule has 1 atom stereocenters. The zero-order valence-corrected chi connectivity index (χ0v) is 13.2. The molecular formula is C15H21N3O4. The van der Waals surface area contributed by atoms with Gasteiger partial charge in [-0.1, -0.05) is 0 Å². The highest BCUT2D eigenvalue weighted by atomic mass is 16.6. The van der Waals surface area contributed by atoms with Gasteiger partial charge in [0.1, 0.15) is 17.7 Å². The van der Waals surface area contributed by atoms with E-state index in [1.54, 1.807) is 39.1 Å². The van der Waals surface area contributed by atoms with Gasteiger partial charge < -0.3 is 14.8 Å². The molecule has 2 rings (SSSR count). The predicted octanol–water partition coefficient (Wildman–Crippen LogP) is 1.79. The first-order valence-corrected chi connectivity index (χ1v) is 7.03. The van der Waals surface area contributed by atoms with E-state index >= 15 is 0 Å². The molecule has 0 saturated carbocycles. The van der Waals surface area contributed by atoms with Gasteiger partial charge in [0.15, 0.2) is 0 Å². The van der Waals surface area contributed by atoms with Crippen molar-refractivity contribution < 1.29 is 19.1 Å². The van der Waals surface area contributed by atoms with Crippen molar-refractivity contribution in [2.24, 2.45) is 0 Å². The van der Waals surface area contributed by atoms with Crippen LogP contribution in [0.15, 0.2) is 18.3 Å². The third-order valence-corrected chi connectivity index (χ3v) is 3.01. The molecule has 2 heterocycles. The fourth-order valence-corrected chi connectivity index (χ4v) is 2.10. The van der Waals surface area contributed by atoms with Crippen molar-refractivity contribution in [2.45, 2.75) is 38.8 Å². The summed E-state index contributed by atoms with van der Waals surface area (Å²) in [6, 6.07) is 3.35. The molecule has 1 aromatic rings. The van der Waals surface area contributed by atoms with Crippen molar-refractivity contribution in [1.82, 2.24) is 10.3 Å². The molecule has 1 saturated heterocycles. The Morgan fingerprint density at radius 1 is 1.50 bits per heavy atom. The highest BCUT2D eigenvalue weighted by Crippen LogP contribution is 2.24. The van der Waals surface area contributed by atoms with E-state index in [1.165, 1.54) is 0 Å². The summed E-state index contributed by atoms with van der Waals surface area (Å²) >= 11 is 0. The molecule has 1 unspecified atom stereocenters. The summed E-state index contributed by atoms with van der Waals surface area (Å²) in [6.07, 6.45) is 1.02. The number of rotatable bonds is 2. The normalized spacial score (nSPS) is 21.9. The Kier molecular flexibility index (Phi) is 4.37. The lowest BCUT2D eigenvalue weighted by molar-refractivity contribution is -0.135. The Morgan fingerprint density at radius 3 is 2.86 bits per heavy atom. The van der Waals surface area contributed by atoms with Gasteiger partial charge in [-0.25, -0.2) is 4.79 Å². The largest absolute Gasteiger partial charge is 0.444 e. The lowest BCUT2D eigenvalue weighted by atomic mass is 9.96. The van der Waals surface area contributed by atoms with Crippen LogP contribution in [0.2, 0.25) is 0 Å². The molecule has 1 aliphatic heterocycles. The van der Waals surface area contributed by atoms with Crippen molar-refractivity contribution in [2.75, 3.05) is 18.5 Å². The summed E-state index contributed by atoms with van der Waals surface area (Å²) in [5.41, 5.74) is -0.146. The maximum atomic E-state index is 11.8. The van der Waals surface area contributed by atoms with Crippen molar-refractivity contribution in [3.05, 3.63) is 24.0 Å². The standard InChI is InChI=1S/C15H21N3O4/c1-14(2,3)22-13(20)17-10-5-6-16-11(7-10)15(4)9-21-8-12(19)18-15/h5-7H,8-9H2,1-4H3,(H,18,19)(H,16,17,20). The van der Waals surface area contributed by atoms with E-state index in [0.29, 0.717) is 18.0 Å². The molecule has 0 aliphatic carbocycles. The van der Waals surface area contributed by atoms with Crippen LogP contribution in [0.5, 0.6) is 0 Å². The Labute approximate surface area is 129 Å². The second-order valence-corrected chi connectivity index (χ2v) is 6.43. The Morgan fingerprint density at radius 2 is 2.23 bits per heavy atom.